The van der Waals surface area contributed by atoms with Crippen LogP contribution in [0.1, 0.15) is 47.5 Å². The summed E-state index contributed by atoms with van der Waals surface area (Å²) in [6.07, 6.45) is 2.07. The monoisotopic (exact) mass is 215 g/mol. The van der Waals surface area contributed by atoms with Crippen molar-refractivity contribution in [1.29, 1.82) is 0 Å². The Kier molecular flexibility index (Phi) is 6.57. The Balaban J connectivity index is 0.000000921. The molecule has 0 aliphatic carbocycles. The van der Waals surface area contributed by atoms with E-state index in [1.807, 2.05) is 13.8 Å². The minimum atomic E-state index is 0.0558. The number of nitrogens with one attached hydrogen (secondary N) is 1. The summed E-state index contributed by atoms with van der Waals surface area (Å²) in [6.45, 7) is 11.5. The number of ether oxygens (including phenoxy) is 1. The van der Waals surface area contributed by atoms with Crippen LogP contribution in [0.4, 0.5) is 0 Å². The van der Waals surface area contributed by atoms with Gasteiger partial charge in [-0.3, -0.25) is 4.79 Å². The molecule has 1 aliphatic heterocycles. The lowest BCUT2D eigenvalue weighted by molar-refractivity contribution is -0.121. The molecule has 0 saturated carbocycles. The number of amides is 1. The number of carbonyl (C=O) groups excluding carboxylic acids is 1. The first kappa shape index (κ1) is 14.4. The highest BCUT2D eigenvalue weighted by Crippen LogP contribution is 2.33. The third kappa shape index (κ3) is 4.65. The zero-order chi connectivity index (χ0) is 11.9. The highest BCUT2D eigenvalue weighted by molar-refractivity contribution is 5.73. The van der Waals surface area contributed by atoms with Crippen LogP contribution >= 0.6 is 0 Å². The van der Waals surface area contributed by atoms with E-state index in [0.717, 1.165) is 26.1 Å². The Morgan fingerprint density at radius 1 is 1.33 bits per heavy atom. The summed E-state index contributed by atoms with van der Waals surface area (Å²) in [4.78, 5) is 10.9. The van der Waals surface area contributed by atoms with Gasteiger partial charge >= 0.3 is 0 Å². The van der Waals surface area contributed by atoms with Crippen LogP contribution in [0, 0.1) is 5.41 Å². The van der Waals surface area contributed by atoms with Gasteiger partial charge < -0.3 is 10.1 Å². The van der Waals surface area contributed by atoms with Gasteiger partial charge in [-0.05, 0) is 25.2 Å². The SMILES string of the molecule is CC.CC(=O)NC(C)C1(C)CCOCC1. The van der Waals surface area contributed by atoms with Gasteiger partial charge in [-0.2, -0.15) is 0 Å². The molecule has 1 fully saturated rings. The molecule has 3 nitrogen and oxygen atoms in total. The molecule has 0 radical (unpaired) electrons. The molecule has 1 saturated heterocycles. The van der Waals surface area contributed by atoms with E-state index in [9.17, 15) is 4.79 Å². The first-order valence-electron chi connectivity index (χ1n) is 5.89. The van der Waals surface area contributed by atoms with Gasteiger partial charge in [0.05, 0.1) is 0 Å². The lowest BCUT2D eigenvalue weighted by Gasteiger charge is -2.39. The molecule has 0 aromatic carbocycles. The van der Waals surface area contributed by atoms with Crippen molar-refractivity contribution in [3.63, 3.8) is 0 Å². The van der Waals surface area contributed by atoms with E-state index in [4.69, 9.17) is 4.74 Å². The van der Waals surface area contributed by atoms with Gasteiger partial charge in [-0.1, -0.05) is 20.8 Å². The second-order valence-electron chi connectivity index (χ2n) is 4.19. The van der Waals surface area contributed by atoms with E-state index in [-0.39, 0.29) is 17.4 Å². The average Bonchev–Trinajstić information content (AvgIpc) is 2.21. The van der Waals surface area contributed by atoms with Crippen molar-refractivity contribution in [2.75, 3.05) is 13.2 Å². The Morgan fingerprint density at radius 3 is 2.20 bits per heavy atom. The van der Waals surface area contributed by atoms with Crippen molar-refractivity contribution in [2.24, 2.45) is 5.41 Å². The molecule has 15 heavy (non-hydrogen) atoms. The highest BCUT2D eigenvalue weighted by Gasteiger charge is 2.33. The topological polar surface area (TPSA) is 38.3 Å². The predicted octanol–water partition coefficient (Wildman–Crippen LogP) is 2.35. The van der Waals surface area contributed by atoms with Crippen LogP contribution in [0.25, 0.3) is 0 Å². The van der Waals surface area contributed by atoms with Gasteiger partial charge in [0.25, 0.3) is 0 Å². The second-order valence-corrected chi connectivity index (χ2v) is 4.19. The lowest BCUT2D eigenvalue weighted by atomic mass is 9.76. The molecule has 90 valence electrons. The van der Waals surface area contributed by atoms with Crippen molar-refractivity contribution >= 4 is 5.91 Å². The Bertz CT molecular complexity index is 186. The quantitative estimate of drug-likeness (QED) is 0.768. The van der Waals surface area contributed by atoms with E-state index < -0.39 is 0 Å². The Hall–Kier alpha value is -0.570. The maximum atomic E-state index is 10.9. The van der Waals surface area contributed by atoms with Gasteiger partial charge in [0.2, 0.25) is 5.91 Å². The maximum Gasteiger partial charge on any atom is 0.217 e. The van der Waals surface area contributed by atoms with Crippen molar-refractivity contribution in [2.45, 2.75) is 53.5 Å². The van der Waals surface area contributed by atoms with E-state index in [2.05, 4.69) is 19.2 Å². The summed E-state index contributed by atoms with van der Waals surface area (Å²) in [6, 6.07) is 0.244. The third-order valence-corrected chi connectivity index (χ3v) is 3.10. The molecular formula is C12H25NO2. The van der Waals surface area contributed by atoms with Gasteiger partial charge in [0.15, 0.2) is 0 Å². The molecule has 1 amide bonds. The van der Waals surface area contributed by atoms with Gasteiger partial charge in [-0.25, -0.2) is 0 Å². The van der Waals surface area contributed by atoms with E-state index in [0.29, 0.717) is 0 Å². The summed E-state index contributed by atoms with van der Waals surface area (Å²) >= 11 is 0. The van der Waals surface area contributed by atoms with Crippen LogP contribution in [0.5, 0.6) is 0 Å². The van der Waals surface area contributed by atoms with Crippen LogP contribution in [0.15, 0.2) is 0 Å². The van der Waals surface area contributed by atoms with Crippen molar-refractivity contribution in [1.82, 2.24) is 5.32 Å². The van der Waals surface area contributed by atoms with Crippen molar-refractivity contribution < 1.29 is 9.53 Å². The zero-order valence-electron chi connectivity index (χ0n) is 10.7. The van der Waals surface area contributed by atoms with Crippen LogP contribution in [-0.2, 0) is 9.53 Å². The minimum absolute atomic E-state index is 0.0558. The van der Waals surface area contributed by atoms with Gasteiger partial charge in [0, 0.05) is 26.2 Å². The molecule has 1 unspecified atom stereocenters. The predicted molar refractivity (Wildman–Crippen MR) is 62.8 cm³/mol. The molecule has 0 aromatic heterocycles. The number of rotatable bonds is 2. The standard InChI is InChI=1S/C10H19NO2.C2H6/c1-8(11-9(2)12)10(3)4-6-13-7-5-10;1-2/h8H,4-7H2,1-3H3,(H,11,12);1-2H3. The van der Waals surface area contributed by atoms with Crippen LogP contribution < -0.4 is 5.32 Å². The summed E-state index contributed by atoms with van der Waals surface area (Å²) in [5.41, 5.74) is 0.212. The molecule has 1 rings (SSSR count). The molecule has 0 bridgehead atoms. The normalized spacial score (nSPS) is 20.9. The summed E-state index contributed by atoms with van der Waals surface area (Å²) in [5, 5.41) is 2.96. The lowest BCUT2D eigenvalue weighted by Crippen LogP contribution is -2.46. The largest absolute Gasteiger partial charge is 0.381 e. The molecule has 1 heterocycles. The molecule has 1 atom stereocenters. The van der Waals surface area contributed by atoms with Crippen LogP contribution in [-0.4, -0.2) is 25.2 Å². The summed E-state index contributed by atoms with van der Waals surface area (Å²) in [5.74, 6) is 0.0558. The molecular weight excluding hydrogens is 190 g/mol. The fourth-order valence-corrected chi connectivity index (χ4v) is 1.75. The molecule has 0 spiro atoms. The minimum Gasteiger partial charge on any atom is -0.381 e. The smallest absolute Gasteiger partial charge is 0.217 e. The van der Waals surface area contributed by atoms with Crippen LogP contribution in [0.2, 0.25) is 0 Å². The molecule has 1 aliphatic rings. The van der Waals surface area contributed by atoms with Crippen LogP contribution in [0.3, 0.4) is 0 Å². The third-order valence-electron chi connectivity index (χ3n) is 3.10. The number of carbonyl (C=O) groups is 1. The van der Waals surface area contributed by atoms with Crippen molar-refractivity contribution in [3.8, 4) is 0 Å². The average molecular weight is 215 g/mol. The van der Waals surface area contributed by atoms with Crippen molar-refractivity contribution in [3.05, 3.63) is 0 Å². The van der Waals surface area contributed by atoms with Gasteiger partial charge in [-0.15, -0.1) is 0 Å². The Morgan fingerprint density at radius 2 is 1.80 bits per heavy atom. The summed E-state index contributed by atoms with van der Waals surface area (Å²) < 4.78 is 5.31. The second kappa shape index (κ2) is 6.83. The molecule has 1 N–H and O–H groups in total. The zero-order valence-corrected chi connectivity index (χ0v) is 10.7. The highest BCUT2D eigenvalue weighted by atomic mass is 16.5. The number of hydrogen-bond acceptors (Lipinski definition) is 2. The van der Waals surface area contributed by atoms with E-state index in [1.54, 1.807) is 6.92 Å². The molecule has 3 heteroatoms. The molecule has 0 aromatic rings. The fraction of sp³-hybridized carbons (Fsp3) is 0.917. The summed E-state index contributed by atoms with van der Waals surface area (Å²) in [7, 11) is 0. The first-order valence-corrected chi connectivity index (χ1v) is 5.89. The first-order chi connectivity index (χ1) is 7.04. The fourth-order valence-electron chi connectivity index (χ4n) is 1.75. The maximum absolute atomic E-state index is 10.9. The number of hydrogen-bond donors (Lipinski definition) is 1. The van der Waals surface area contributed by atoms with E-state index >= 15 is 0 Å². The van der Waals surface area contributed by atoms with E-state index in [1.165, 1.54) is 0 Å². The van der Waals surface area contributed by atoms with Gasteiger partial charge in [0.1, 0.15) is 0 Å². The Labute approximate surface area is 93.6 Å².